The molecule has 158 valence electrons. The van der Waals surface area contributed by atoms with Crippen molar-refractivity contribution in [2.75, 3.05) is 6.54 Å². The lowest BCUT2D eigenvalue weighted by atomic mass is 9.83. The van der Waals surface area contributed by atoms with E-state index in [-0.39, 0.29) is 18.4 Å². The second-order valence-corrected chi connectivity index (χ2v) is 8.85. The van der Waals surface area contributed by atoms with Crippen molar-refractivity contribution in [3.63, 3.8) is 0 Å². The van der Waals surface area contributed by atoms with Gasteiger partial charge in [-0.2, -0.15) is 0 Å². The van der Waals surface area contributed by atoms with Crippen LogP contribution < -0.4 is 0 Å². The number of ether oxygens (including phenoxy) is 1. The molecule has 1 saturated heterocycles. The molecule has 7 heteroatoms. The second kappa shape index (κ2) is 8.96. The van der Waals surface area contributed by atoms with Gasteiger partial charge in [-0.1, -0.05) is 53.9 Å². The van der Waals surface area contributed by atoms with Crippen LogP contribution in [0.1, 0.15) is 49.0 Å². The minimum absolute atomic E-state index is 0.275. The first-order valence-electron chi connectivity index (χ1n) is 10.1. The number of carboxylic acid groups (broad SMARTS) is 1. The van der Waals surface area contributed by atoms with E-state index in [0.29, 0.717) is 22.5 Å². The van der Waals surface area contributed by atoms with Crippen LogP contribution >= 0.6 is 23.2 Å². The average Bonchev–Trinajstić information content (AvgIpc) is 2.67. The van der Waals surface area contributed by atoms with Gasteiger partial charge in [0.1, 0.15) is 12.2 Å². The third kappa shape index (κ3) is 4.48. The minimum Gasteiger partial charge on any atom is -0.481 e. The van der Waals surface area contributed by atoms with E-state index in [0.717, 1.165) is 30.4 Å². The van der Waals surface area contributed by atoms with Crippen LogP contribution in [0, 0.1) is 5.92 Å². The molecule has 0 unspecified atom stereocenters. The van der Waals surface area contributed by atoms with Gasteiger partial charge in [0.2, 0.25) is 0 Å². The summed E-state index contributed by atoms with van der Waals surface area (Å²) in [5.74, 6) is -0.915. The lowest BCUT2D eigenvalue weighted by molar-refractivity contribution is -0.180. The number of halogens is 2. The van der Waals surface area contributed by atoms with E-state index < -0.39 is 18.2 Å². The fourth-order valence-electron chi connectivity index (χ4n) is 4.21. The van der Waals surface area contributed by atoms with Gasteiger partial charge in [0.05, 0.1) is 12.5 Å². The zero-order chi connectivity index (χ0) is 21.3. The Morgan fingerprint density at radius 3 is 2.40 bits per heavy atom. The molecule has 2 aromatic carbocycles. The summed E-state index contributed by atoms with van der Waals surface area (Å²) < 4.78 is 6.15. The van der Waals surface area contributed by atoms with E-state index in [1.807, 2.05) is 35.2 Å². The molecule has 0 aromatic heterocycles. The van der Waals surface area contributed by atoms with Crippen LogP contribution in [0.25, 0.3) is 0 Å². The standard InChI is InChI=1S/C23H23Cl2NO4/c24-17-9-7-15(8-10-17)21-22(16-5-2-6-18(25)11-16)30-19(12-20(27)28)23(29)26(21)13-14-3-1-4-14/h2,5-11,14,19,21-22H,1,3-4,12-13H2,(H,27,28)/t19-,21+,22+/m0/s1. The highest BCUT2D eigenvalue weighted by Gasteiger charge is 2.45. The minimum atomic E-state index is -1.06. The zero-order valence-corrected chi connectivity index (χ0v) is 17.9. The van der Waals surface area contributed by atoms with Crippen LogP contribution in [0.15, 0.2) is 48.5 Å². The molecule has 1 aliphatic carbocycles. The maximum absolute atomic E-state index is 13.3. The van der Waals surface area contributed by atoms with Crippen LogP contribution in [0.3, 0.4) is 0 Å². The summed E-state index contributed by atoms with van der Waals surface area (Å²) >= 11 is 12.3. The van der Waals surface area contributed by atoms with Crippen molar-refractivity contribution >= 4 is 35.1 Å². The molecule has 0 bridgehead atoms. The molecule has 2 aromatic rings. The maximum Gasteiger partial charge on any atom is 0.306 e. The molecule has 3 atom stereocenters. The highest BCUT2D eigenvalue weighted by Crippen LogP contribution is 2.44. The number of rotatable bonds is 6. The molecule has 5 nitrogen and oxygen atoms in total. The van der Waals surface area contributed by atoms with E-state index in [1.54, 1.807) is 18.2 Å². The van der Waals surface area contributed by atoms with Crippen LogP contribution in [0.2, 0.25) is 10.0 Å². The molecular weight excluding hydrogens is 425 g/mol. The quantitative estimate of drug-likeness (QED) is 0.653. The zero-order valence-electron chi connectivity index (χ0n) is 16.3. The van der Waals surface area contributed by atoms with Crippen LogP contribution in [-0.4, -0.2) is 34.5 Å². The third-order valence-electron chi connectivity index (χ3n) is 5.92. The number of morpholine rings is 1. The molecule has 4 rings (SSSR count). The number of carbonyl (C=O) groups excluding carboxylic acids is 1. The monoisotopic (exact) mass is 447 g/mol. The molecule has 1 saturated carbocycles. The molecule has 30 heavy (non-hydrogen) atoms. The molecule has 1 aliphatic heterocycles. The lowest BCUT2D eigenvalue weighted by Gasteiger charge is -2.46. The number of aliphatic carboxylic acids is 1. The molecule has 0 spiro atoms. The SMILES string of the molecule is O=C(O)C[C@@H]1O[C@H](c2cccc(Cl)c2)[C@@H](c2ccc(Cl)cc2)N(CC2CCC2)C1=O. The summed E-state index contributed by atoms with van der Waals surface area (Å²) in [6.45, 7) is 0.586. The van der Waals surface area contributed by atoms with Gasteiger partial charge in [0.15, 0.2) is 0 Å². The molecule has 1 amide bonds. The van der Waals surface area contributed by atoms with Gasteiger partial charge in [-0.3, -0.25) is 9.59 Å². The van der Waals surface area contributed by atoms with E-state index in [2.05, 4.69) is 0 Å². The molecule has 1 heterocycles. The predicted octanol–water partition coefficient (Wildman–Crippen LogP) is 5.28. The van der Waals surface area contributed by atoms with Crippen molar-refractivity contribution in [1.82, 2.24) is 4.90 Å². The van der Waals surface area contributed by atoms with Gasteiger partial charge < -0.3 is 14.7 Å². The van der Waals surface area contributed by atoms with E-state index in [4.69, 9.17) is 27.9 Å². The van der Waals surface area contributed by atoms with Crippen molar-refractivity contribution in [2.24, 2.45) is 5.92 Å². The van der Waals surface area contributed by atoms with Crippen LogP contribution in [0.5, 0.6) is 0 Å². The molecular formula is C23H23Cl2NO4. The summed E-state index contributed by atoms with van der Waals surface area (Å²) in [6.07, 6.45) is 1.37. The number of amides is 1. The number of hydrogen-bond donors (Lipinski definition) is 1. The Kier molecular flexibility index (Phi) is 6.32. The van der Waals surface area contributed by atoms with Gasteiger partial charge in [0, 0.05) is 16.6 Å². The Morgan fingerprint density at radius 1 is 1.07 bits per heavy atom. The maximum atomic E-state index is 13.3. The van der Waals surface area contributed by atoms with Crippen molar-refractivity contribution < 1.29 is 19.4 Å². The van der Waals surface area contributed by atoms with Gasteiger partial charge in [-0.25, -0.2) is 0 Å². The highest BCUT2D eigenvalue weighted by atomic mass is 35.5. The summed E-state index contributed by atoms with van der Waals surface area (Å²) in [6, 6.07) is 14.3. The Balaban J connectivity index is 1.78. The van der Waals surface area contributed by atoms with Gasteiger partial charge in [0.25, 0.3) is 5.91 Å². The molecule has 2 fully saturated rings. The topological polar surface area (TPSA) is 66.8 Å². The first-order chi connectivity index (χ1) is 14.4. The Labute approximate surface area is 185 Å². The van der Waals surface area contributed by atoms with Crippen molar-refractivity contribution in [1.29, 1.82) is 0 Å². The smallest absolute Gasteiger partial charge is 0.306 e. The second-order valence-electron chi connectivity index (χ2n) is 7.98. The fraction of sp³-hybridized carbons (Fsp3) is 0.391. The number of carboxylic acids is 1. The Morgan fingerprint density at radius 2 is 1.80 bits per heavy atom. The fourth-order valence-corrected chi connectivity index (χ4v) is 4.53. The Bertz CT molecular complexity index is 929. The summed E-state index contributed by atoms with van der Waals surface area (Å²) in [5.41, 5.74) is 1.70. The molecule has 0 radical (unpaired) electrons. The van der Waals surface area contributed by atoms with Crippen LogP contribution in [0.4, 0.5) is 0 Å². The van der Waals surface area contributed by atoms with Gasteiger partial charge in [-0.05, 0) is 54.2 Å². The number of nitrogens with zero attached hydrogens (tertiary/aromatic N) is 1. The average molecular weight is 448 g/mol. The van der Waals surface area contributed by atoms with Crippen LogP contribution in [-0.2, 0) is 14.3 Å². The summed E-state index contributed by atoms with van der Waals surface area (Å²) in [4.78, 5) is 26.5. The van der Waals surface area contributed by atoms with Gasteiger partial charge >= 0.3 is 5.97 Å². The van der Waals surface area contributed by atoms with E-state index >= 15 is 0 Å². The number of benzene rings is 2. The first kappa shape index (κ1) is 21.2. The summed E-state index contributed by atoms with van der Waals surface area (Å²) in [5, 5.41) is 10.5. The van der Waals surface area contributed by atoms with E-state index in [9.17, 15) is 14.7 Å². The molecule has 2 aliphatic rings. The lowest BCUT2D eigenvalue weighted by Crippen LogP contribution is -2.53. The number of carbonyl (C=O) groups is 2. The van der Waals surface area contributed by atoms with Gasteiger partial charge in [-0.15, -0.1) is 0 Å². The third-order valence-corrected chi connectivity index (χ3v) is 6.41. The van der Waals surface area contributed by atoms with Crippen molar-refractivity contribution in [2.45, 2.75) is 43.9 Å². The van der Waals surface area contributed by atoms with E-state index in [1.165, 1.54) is 0 Å². The Hall–Kier alpha value is -2.08. The van der Waals surface area contributed by atoms with Crippen molar-refractivity contribution in [3.05, 3.63) is 69.7 Å². The van der Waals surface area contributed by atoms with Crippen molar-refractivity contribution in [3.8, 4) is 0 Å². The molecule has 1 N–H and O–H groups in total. The predicted molar refractivity (Wildman–Crippen MR) is 115 cm³/mol. The first-order valence-corrected chi connectivity index (χ1v) is 10.9. The largest absolute Gasteiger partial charge is 0.481 e. The normalized spacial score (nSPS) is 24.5. The highest BCUT2D eigenvalue weighted by molar-refractivity contribution is 6.30. The number of hydrogen-bond acceptors (Lipinski definition) is 3. The summed E-state index contributed by atoms with van der Waals surface area (Å²) in [7, 11) is 0.